The lowest BCUT2D eigenvalue weighted by Crippen LogP contribution is -2.14. The molecule has 0 saturated carbocycles. The SMILES string of the molecule is Cc1nn(C)c(C)c1CNCc1ccc(Br)c([N+](=O)[O-])c1. The van der Waals surface area contributed by atoms with Gasteiger partial charge in [-0.2, -0.15) is 5.10 Å². The Morgan fingerprint density at radius 2 is 2.10 bits per heavy atom. The highest BCUT2D eigenvalue weighted by Crippen LogP contribution is 2.25. The molecular formula is C14H17BrN4O2. The third kappa shape index (κ3) is 3.48. The van der Waals surface area contributed by atoms with Gasteiger partial charge < -0.3 is 5.32 Å². The van der Waals surface area contributed by atoms with E-state index in [0.717, 1.165) is 17.0 Å². The van der Waals surface area contributed by atoms with Crippen LogP contribution in [0.25, 0.3) is 0 Å². The molecule has 21 heavy (non-hydrogen) atoms. The van der Waals surface area contributed by atoms with Crippen molar-refractivity contribution in [3.8, 4) is 0 Å². The van der Waals surface area contributed by atoms with Gasteiger partial charge in [-0.15, -0.1) is 0 Å². The van der Waals surface area contributed by atoms with Crippen LogP contribution in [0.4, 0.5) is 5.69 Å². The predicted octanol–water partition coefficient (Wildman–Crippen LogP) is 3.00. The third-order valence-electron chi connectivity index (χ3n) is 3.50. The van der Waals surface area contributed by atoms with Crippen LogP contribution in [0, 0.1) is 24.0 Å². The number of aromatic nitrogens is 2. The quantitative estimate of drug-likeness (QED) is 0.663. The molecule has 7 heteroatoms. The first-order valence-corrected chi connectivity index (χ1v) is 7.32. The van der Waals surface area contributed by atoms with Gasteiger partial charge in [0, 0.05) is 37.5 Å². The Bertz CT molecular complexity index is 682. The number of nitro benzene ring substituents is 1. The molecule has 0 amide bonds. The summed E-state index contributed by atoms with van der Waals surface area (Å²) in [5.41, 5.74) is 4.27. The van der Waals surface area contributed by atoms with E-state index in [1.807, 2.05) is 31.6 Å². The number of nitrogens with one attached hydrogen (secondary N) is 1. The van der Waals surface area contributed by atoms with E-state index >= 15 is 0 Å². The molecule has 6 nitrogen and oxygen atoms in total. The average Bonchev–Trinajstić information content (AvgIpc) is 2.66. The van der Waals surface area contributed by atoms with E-state index in [2.05, 4.69) is 26.3 Å². The summed E-state index contributed by atoms with van der Waals surface area (Å²) in [4.78, 5) is 10.5. The van der Waals surface area contributed by atoms with Crippen molar-refractivity contribution in [3.05, 3.63) is 55.3 Å². The first-order chi connectivity index (χ1) is 9.90. The fraction of sp³-hybridized carbons (Fsp3) is 0.357. The van der Waals surface area contributed by atoms with Crippen LogP contribution in [-0.4, -0.2) is 14.7 Å². The predicted molar refractivity (Wildman–Crippen MR) is 84.0 cm³/mol. The Hall–Kier alpha value is -1.73. The summed E-state index contributed by atoms with van der Waals surface area (Å²) in [5, 5.41) is 18.6. The number of hydrogen-bond acceptors (Lipinski definition) is 4. The molecule has 0 fully saturated rings. The number of nitrogens with zero attached hydrogens (tertiary/aromatic N) is 3. The van der Waals surface area contributed by atoms with Crippen molar-refractivity contribution < 1.29 is 4.92 Å². The number of hydrogen-bond donors (Lipinski definition) is 1. The molecule has 1 aromatic carbocycles. The van der Waals surface area contributed by atoms with Crippen molar-refractivity contribution in [1.82, 2.24) is 15.1 Å². The van der Waals surface area contributed by atoms with E-state index < -0.39 is 0 Å². The molecule has 0 saturated heterocycles. The molecule has 2 rings (SSSR count). The molecule has 0 spiro atoms. The average molecular weight is 353 g/mol. The van der Waals surface area contributed by atoms with Crippen molar-refractivity contribution in [2.75, 3.05) is 0 Å². The Kier molecular flexibility index (Phi) is 4.74. The van der Waals surface area contributed by atoms with Gasteiger partial charge in [-0.1, -0.05) is 6.07 Å². The maximum atomic E-state index is 10.9. The summed E-state index contributed by atoms with van der Waals surface area (Å²) in [6.45, 7) is 5.27. The summed E-state index contributed by atoms with van der Waals surface area (Å²) >= 11 is 3.18. The highest BCUT2D eigenvalue weighted by molar-refractivity contribution is 9.10. The van der Waals surface area contributed by atoms with Crippen LogP contribution in [0.5, 0.6) is 0 Å². The number of aryl methyl sites for hydroxylation is 2. The van der Waals surface area contributed by atoms with Crippen LogP contribution in [0.1, 0.15) is 22.5 Å². The summed E-state index contributed by atoms with van der Waals surface area (Å²) < 4.78 is 2.35. The summed E-state index contributed by atoms with van der Waals surface area (Å²) in [6, 6.07) is 5.16. The van der Waals surface area contributed by atoms with E-state index in [9.17, 15) is 10.1 Å². The van der Waals surface area contributed by atoms with Crippen molar-refractivity contribution in [3.63, 3.8) is 0 Å². The first-order valence-electron chi connectivity index (χ1n) is 6.52. The molecule has 1 heterocycles. The Balaban J connectivity index is 2.04. The highest BCUT2D eigenvalue weighted by atomic mass is 79.9. The molecule has 1 N–H and O–H groups in total. The van der Waals surface area contributed by atoms with E-state index in [0.29, 0.717) is 17.6 Å². The van der Waals surface area contributed by atoms with E-state index in [1.54, 1.807) is 12.1 Å². The molecule has 1 aromatic heterocycles. The molecule has 112 valence electrons. The van der Waals surface area contributed by atoms with Crippen LogP contribution in [-0.2, 0) is 20.1 Å². The minimum atomic E-state index is -0.386. The van der Waals surface area contributed by atoms with Crippen LogP contribution in [0.15, 0.2) is 22.7 Å². The molecule has 0 aliphatic carbocycles. The zero-order valence-electron chi connectivity index (χ0n) is 12.2. The summed E-state index contributed by atoms with van der Waals surface area (Å²) in [5.74, 6) is 0. The largest absolute Gasteiger partial charge is 0.308 e. The minimum absolute atomic E-state index is 0.0861. The van der Waals surface area contributed by atoms with Gasteiger partial charge in [0.15, 0.2) is 0 Å². The van der Waals surface area contributed by atoms with Gasteiger partial charge in [-0.3, -0.25) is 14.8 Å². The third-order valence-corrected chi connectivity index (χ3v) is 4.17. The standard InChI is InChI=1S/C14H17BrN4O2/c1-9-12(10(2)18(3)17-9)8-16-7-11-4-5-13(15)14(6-11)19(20)21/h4-6,16H,7-8H2,1-3H3. The zero-order chi connectivity index (χ0) is 15.6. The molecule has 0 bridgehead atoms. The fourth-order valence-electron chi connectivity index (χ4n) is 2.21. The van der Waals surface area contributed by atoms with Crippen LogP contribution in [0.3, 0.4) is 0 Å². The van der Waals surface area contributed by atoms with Crippen molar-refractivity contribution in [1.29, 1.82) is 0 Å². The van der Waals surface area contributed by atoms with Crippen molar-refractivity contribution in [2.24, 2.45) is 7.05 Å². The van der Waals surface area contributed by atoms with Gasteiger partial charge in [0.1, 0.15) is 0 Å². The van der Waals surface area contributed by atoms with Crippen molar-refractivity contribution in [2.45, 2.75) is 26.9 Å². The van der Waals surface area contributed by atoms with Gasteiger partial charge in [0.05, 0.1) is 15.1 Å². The number of rotatable bonds is 5. The lowest BCUT2D eigenvalue weighted by atomic mass is 10.1. The second-order valence-electron chi connectivity index (χ2n) is 4.92. The van der Waals surface area contributed by atoms with Crippen LogP contribution < -0.4 is 5.32 Å². The topological polar surface area (TPSA) is 73.0 Å². The smallest absolute Gasteiger partial charge is 0.283 e. The Labute approximate surface area is 131 Å². The second-order valence-corrected chi connectivity index (χ2v) is 5.77. The number of benzene rings is 1. The molecule has 0 atom stereocenters. The molecule has 2 aromatic rings. The van der Waals surface area contributed by atoms with Gasteiger partial charge in [0.25, 0.3) is 5.69 Å². The number of nitro groups is 1. The second kappa shape index (κ2) is 6.36. The molecule has 0 aliphatic heterocycles. The maximum absolute atomic E-state index is 10.9. The highest BCUT2D eigenvalue weighted by Gasteiger charge is 2.13. The lowest BCUT2D eigenvalue weighted by molar-refractivity contribution is -0.385. The lowest BCUT2D eigenvalue weighted by Gasteiger charge is -2.06. The van der Waals surface area contributed by atoms with Gasteiger partial charge in [0.2, 0.25) is 0 Å². The van der Waals surface area contributed by atoms with E-state index in [1.165, 1.54) is 5.56 Å². The summed E-state index contributed by atoms with van der Waals surface area (Å²) in [7, 11) is 1.92. The minimum Gasteiger partial charge on any atom is -0.308 e. The summed E-state index contributed by atoms with van der Waals surface area (Å²) in [6.07, 6.45) is 0. The Morgan fingerprint density at radius 3 is 2.67 bits per heavy atom. The van der Waals surface area contributed by atoms with Crippen LogP contribution in [0.2, 0.25) is 0 Å². The van der Waals surface area contributed by atoms with Crippen molar-refractivity contribution >= 4 is 21.6 Å². The number of halogens is 1. The molecule has 0 unspecified atom stereocenters. The normalized spacial score (nSPS) is 10.9. The first kappa shape index (κ1) is 15.7. The Morgan fingerprint density at radius 1 is 1.38 bits per heavy atom. The monoisotopic (exact) mass is 352 g/mol. The fourth-order valence-corrected chi connectivity index (χ4v) is 2.60. The van der Waals surface area contributed by atoms with Gasteiger partial charge in [-0.05, 0) is 41.4 Å². The van der Waals surface area contributed by atoms with Crippen LogP contribution >= 0.6 is 15.9 Å². The van der Waals surface area contributed by atoms with E-state index in [-0.39, 0.29) is 10.6 Å². The van der Waals surface area contributed by atoms with Gasteiger partial charge in [-0.25, -0.2) is 0 Å². The van der Waals surface area contributed by atoms with Gasteiger partial charge >= 0.3 is 0 Å². The molecule has 0 aliphatic rings. The maximum Gasteiger partial charge on any atom is 0.283 e. The molecular weight excluding hydrogens is 336 g/mol. The molecule has 0 radical (unpaired) electrons. The van der Waals surface area contributed by atoms with E-state index in [4.69, 9.17) is 0 Å². The zero-order valence-corrected chi connectivity index (χ0v) is 13.8.